The number of hydrogen-bond acceptors (Lipinski definition) is 4. The molecule has 0 amide bonds. The van der Waals surface area contributed by atoms with Gasteiger partial charge in [-0.3, -0.25) is 0 Å². The number of hydrogen-bond donors (Lipinski definition) is 0. The predicted octanol–water partition coefficient (Wildman–Crippen LogP) is 2.96. The van der Waals surface area contributed by atoms with Gasteiger partial charge < -0.3 is 4.40 Å². The molecule has 0 aliphatic heterocycles. The molecular formula is C16H13N5. The zero-order chi connectivity index (χ0) is 14.4. The Labute approximate surface area is 121 Å². The topological polar surface area (TPSA) is 56.0 Å². The molecule has 3 aromatic heterocycles. The Kier molecular flexibility index (Phi) is 2.47. The number of aryl methyl sites for hydroxylation is 2. The van der Waals surface area contributed by atoms with Crippen LogP contribution in [-0.2, 0) is 0 Å². The molecule has 4 rings (SSSR count). The van der Waals surface area contributed by atoms with Crippen LogP contribution in [-0.4, -0.2) is 24.3 Å². The monoisotopic (exact) mass is 275 g/mol. The standard InChI is InChI=1S/C16H13N5/c1-10-18-11(2)20-15(19-10)14-9-21-8-7-17-16(21)13-6-4-3-5-12(13)14/h3-9H,1-2H3. The summed E-state index contributed by atoms with van der Waals surface area (Å²) >= 11 is 0. The van der Waals surface area contributed by atoms with Crippen LogP contribution in [0.1, 0.15) is 11.6 Å². The third kappa shape index (κ3) is 1.86. The lowest BCUT2D eigenvalue weighted by Gasteiger charge is -2.08. The maximum Gasteiger partial charge on any atom is 0.165 e. The molecule has 21 heavy (non-hydrogen) atoms. The van der Waals surface area contributed by atoms with Gasteiger partial charge in [-0.1, -0.05) is 24.3 Å². The molecule has 102 valence electrons. The van der Waals surface area contributed by atoms with E-state index in [1.807, 2.05) is 42.8 Å². The van der Waals surface area contributed by atoms with Crippen LogP contribution in [0.3, 0.4) is 0 Å². The molecule has 0 bridgehead atoms. The lowest BCUT2D eigenvalue weighted by atomic mass is 10.1. The summed E-state index contributed by atoms with van der Waals surface area (Å²) in [4.78, 5) is 17.7. The fourth-order valence-corrected chi connectivity index (χ4v) is 2.66. The van der Waals surface area contributed by atoms with Crippen molar-refractivity contribution < 1.29 is 0 Å². The van der Waals surface area contributed by atoms with Gasteiger partial charge in [0.05, 0.1) is 0 Å². The smallest absolute Gasteiger partial charge is 0.165 e. The maximum atomic E-state index is 4.49. The van der Waals surface area contributed by atoms with Gasteiger partial charge >= 0.3 is 0 Å². The van der Waals surface area contributed by atoms with Crippen molar-refractivity contribution in [3.63, 3.8) is 0 Å². The summed E-state index contributed by atoms with van der Waals surface area (Å²) < 4.78 is 2.01. The molecule has 0 radical (unpaired) electrons. The molecule has 5 nitrogen and oxygen atoms in total. The van der Waals surface area contributed by atoms with Gasteiger partial charge in [0.15, 0.2) is 5.82 Å². The Balaban J connectivity index is 2.15. The largest absolute Gasteiger partial charge is 0.306 e. The minimum Gasteiger partial charge on any atom is -0.306 e. The Bertz CT molecular complexity index is 951. The van der Waals surface area contributed by atoms with Crippen LogP contribution in [0.2, 0.25) is 0 Å². The molecule has 0 unspecified atom stereocenters. The molecule has 4 aromatic rings. The van der Waals surface area contributed by atoms with E-state index < -0.39 is 0 Å². The summed E-state index contributed by atoms with van der Waals surface area (Å²) in [6, 6.07) is 8.19. The van der Waals surface area contributed by atoms with Gasteiger partial charge in [0.2, 0.25) is 0 Å². The van der Waals surface area contributed by atoms with Crippen LogP contribution in [0, 0.1) is 13.8 Å². The summed E-state index contributed by atoms with van der Waals surface area (Å²) in [5.74, 6) is 2.16. The molecule has 0 spiro atoms. The normalized spacial score (nSPS) is 11.3. The summed E-state index contributed by atoms with van der Waals surface area (Å²) in [7, 11) is 0. The lowest BCUT2D eigenvalue weighted by molar-refractivity contribution is 0.928. The molecule has 0 saturated carbocycles. The SMILES string of the molecule is Cc1nc(C)nc(-c2cn3ccnc3c3ccccc23)n1. The molecule has 1 aromatic carbocycles. The maximum absolute atomic E-state index is 4.49. The zero-order valence-electron chi connectivity index (χ0n) is 11.8. The van der Waals surface area contributed by atoms with E-state index in [1.54, 1.807) is 6.20 Å². The van der Waals surface area contributed by atoms with E-state index in [9.17, 15) is 0 Å². The molecular weight excluding hydrogens is 262 g/mol. The molecule has 3 heterocycles. The van der Waals surface area contributed by atoms with Crippen molar-refractivity contribution in [1.82, 2.24) is 24.3 Å². The van der Waals surface area contributed by atoms with Crippen molar-refractivity contribution in [3.8, 4) is 11.4 Å². The molecule has 0 atom stereocenters. The molecule has 0 N–H and O–H groups in total. The van der Waals surface area contributed by atoms with E-state index in [0.717, 1.165) is 33.6 Å². The quantitative estimate of drug-likeness (QED) is 0.536. The second-order valence-corrected chi connectivity index (χ2v) is 5.00. The number of benzene rings is 1. The van der Waals surface area contributed by atoms with Gasteiger partial charge in [-0.15, -0.1) is 0 Å². The molecule has 0 saturated heterocycles. The first-order valence-electron chi connectivity index (χ1n) is 6.76. The van der Waals surface area contributed by atoms with E-state index in [-0.39, 0.29) is 0 Å². The molecule has 0 fully saturated rings. The highest BCUT2D eigenvalue weighted by Crippen LogP contribution is 2.28. The fraction of sp³-hybridized carbons (Fsp3) is 0.125. The first-order chi connectivity index (χ1) is 10.2. The highest BCUT2D eigenvalue weighted by atomic mass is 15.0. The van der Waals surface area contributed by atoms with Crippen LogP contribution in [0.4, 0.5) is 0 Å². The van der Waals surface area contributed by atoms with Gasteiger partial charge in [-0.2, -0.15) is 0 Å². The van der Waals surface area contributed by atoms with Gasteiger partial charge in [-0.25, -0.2) is 19.9 Å². The van der Waals surface area contributed by atoms with Gasteiger partial charge in [0, 0.05) is 29.5 Å². The predicted molar refractivity (Wildman–Crippen MR) is 81.0 cm³/mol. The summed E-state index contributed by atoms with van der Waals surface area (Å²) in [5.41, 5.74) is 1.93. The lowest BCUT2D eigenvalue weighted by Crippen LogP contribution is -2.00. The first kappa shape index (κ1) is 12.0. The second-order valence-electron chi connectivity index (χ2n) is 5.00. The second kappa shape index (κ2) is 4.34. The van der Waals surface area contributed by atoms with E-state index >= 15 is 0 Å². The Morgan fingerprint density at radius 2 is 1.62 bits per heavy atom. The molecule has 0 aliphatic carbocycles. The summed E-state index contributed by atoms with van der Waals surface area (Å²) in [6.07, 6.45) is 5.76. The first-order valence-corrected chi connectivity index (χ1v) is 6.76. The van der Waals surface area contributed by atoms with E-state index in [0.29, 0.717) is 5.82 Å². The number of imidazole rings is 1. The minimum atomic E-state index is 0.701. The van der Waals surface area contributed by atoms with E-state index in [4.69, 9.17) is 0 Å². The number of rotatable bonds is 1. The molecule has 0 aliphatic rings. The van der Waals surface area contributed by atoms with Crippen LogP contribution in [0.5, 0.6) is 0 Å². The zero-order valence-corrected chi connectivity index (χ0v) is 11.8. The van der Waals surface area contributed by atoms with Crippen molar-refractivity contribution in [2.75, 3.05) is 0 Å². The fourth-order valence-electron chi connectivity index (χ4n) is 2.66. The van der Waals surface area contributed by atoms with Crippen LogP contribution >= 0.6 is 0 Å². The van der Waals surface area contributed by atoms with Crippen molar-refractivity contribution in [3.05, 3.63) is 54.5 Å². The summed E-state index contributed by atoms with van der Waals surface area (Å²) in [5, 5.41) is 2.19. The third-order valence-electron chi connectivity index (χ3n) is 3.49. The summed E-state index contributed by atoms with van der Waals surface area (Å²) in [6.45, 7) is 3.77. The van der Waals surface area contributed by atoms with Crippen molar-refractivity contribution >= 4 is 16.4 Å². The van der Waals surface area contributed by atoms with Crippen LogP contribution in [0.15, 0.2) is 42.9 Å². The number of fused-ring (bicyclic) bond motifs is 3. The highest BCUT2D eigenvalue weighted by molar-refractivity contribution is 6.02. The van der Waals surface area contributed by atoms with Gasteiger partial charge in [0.1, 0.15) is 17.3 Å². The van der Waals surface area contributed by atoms with Crippen molar-refractivity contribution in [2.24, 2.45) is 0 Å². The number of pyridine rings is 1. The van der Waals surface area contributed by atoms with Crippen molar-refractivity contribution in [1.29, 1.82) is 0 Å². The Morgan fingerprint density at radius 3 is 2.38 bits per heavy atom. The van der Waals surface area contributed by atoms with Crippen molar-refractivity contribution in [2.45, 2.75) is 13.8 Å². The Hall–Kier alpha value is -2.82. The Morgan fingerprint density at radius 1 is 0.905 bits per heavy atom. The highest BCUT2D eigenvalue weighted by Gasteiger charge is 2.12. The van der Waals surface area contributed by atoms with Gasteiger partial charge in [0.25, 0.3) is 0 Å². The van der Waals surface area contributed by atoms with Crippen LogP contribution in [0.25, 0.3) is 27.8 Å². The number of nitrogens with zero attached hydrogens (tertiary/aromatic N) is 5. The van der Waals surface area contributed by atoms with Gasteiger partial charge in [-0.05, 0) is 19.2 Å². The molecule has 5 heteroatoms. The van der Waals surface area contributed by atoms with E-state index in [1.165, 1.54) is 0 Å². The average Bonchev–Trinajstić information content (AvgIpc) is 2.94. The third-order valence-corrected chi connectivity index (χ3v) is 3.49. The van der Waals surface area contributed by atoms with E-state index in [2.05, 4.69) is 32.1 Å². The van der Waals surface area contributed by atoms with Crippen LogP contribution < -0.4 is 0 Å². The number of aromatic nitrogens is 5. The average molecular weight is 275 g/mol. The minimum absolute atomic E-state index is 0.701.